The number of ether oxygens (including phenoxy) is 1. The van der Waals surface area contributed by atoms with E-state index in [1.54, 1.807) is 6.92 Å². The van der Waals surface area contributed by atoms with Crippen LogP contribution in [0.1, 0.15) is 28.8 Å². The van der Waals surface area contributed by atoms with Crippen molar-refractivity contribution in [2.75, 3.05) is 6.61 Å². The van der Waals surface area contributed by atoms with Gasteiger partial charge in [0.2, 0.25) is 0 Å². The molecule has 0 saturated carbocycles. The number of carbonyl (C=O) groups excluding carboxylic acids is 1. The van der Waals surface area contributed by atoms with E-state index in [0.29, 0.717) is 0 Å². The SMILES string of the molecule is CCOC(=O)c1c(C)nc2cccc(C(F)(F)F)n12. The first-order chi connectivity index (χ1) is 8.86. The lowest BCUT2D eigenvalue weighted by atomic mass is 10.3. The Bertz CT molecular complexity index is 632. The molecule has 2 aromatic heterocycles. The first-order valence-electron chi connectivity index (χ1n) is 5.58. The van der Waals surface area contributed by atoms with Crippen LogP contribution in [0.3, 0.4) is 0 Å². The van der Waals surface area contributed by atoms with Crippen LogP contribution in [0.25, 0.3) is 5.65 Å². The van der Waals surface area contributed by atoms with Crippen molar-refractivity contribution >= 4 is 11.6 Å². The number of nitrogens with zero attached hydrogens (tertiary/aromatic N) is 2. The molecule has 0 fully saturated rings. The average Bonchev–Trinajstić information content (AvgIpc) is 2.63. The number of aryl methyl sites for hydroxylation is 1. The van der Waals surface area contributed by atoms with Crippen molar-refractivity contribution in [3.8, 4) is 0 Å². The molecule has 0 saturated heterocycles. The van der Waals surface area contributed by atoms with Gasteiger partial charge in [0.1, 0.15) is 11.3 Å². The predicted molar refractivity (Wildman–Crippen MR) is 60.9 cm³/mol. The van der Waals surface area contributed by atoms with Gasteiger partial charge in [-0.2, -0.15) is 13.2 Å². The van der Waals surface area contributed by atoms with Gasteiger partial charge in [-0.05, 0) is 26.0 Å². The monoisotopic (exact) mass is 272 g/mol. The summed E-state index contributed by atoms with van der Waals surface area (Å²) < 4.78 is 44.4. The molecule has 0 unspecified atom stereocenters. The standard InChI is InChI=1S/C12H11F3N2O2/c1-3-19-11(18)10-7(2)16-9-6-4-5-8(17(9)10)12(13,14)15/h4-6H,3H2,1-2H3. The molecule has 2 aromatic rings. The van der Waals surface area contributed by atoms with E-state index in [9.17, 15) is 18.0 Å². The quantitative estimate of drug-likeness (QED) is 0.789. The van der Waals surface area contributed by atoms with Crippen LogP contribution in [0.5, 0.6) is 0 Å². The number of pyridine rings is 1. The number of esters is 1. The fourth-order valence-electron chi connectivity index (χ4n) is 1.87. The van der Waals surface area contributed by atoms with Crippen molar-refractivity contribution in [2.24, 2.45) is 0 Å². The first-order valence-corrected chi connectivity index (χ1v) is 5.58. The zero-order chi connectivity index (χ0) is 14.2. The number of halogens is 3. The summed E-state index contributed by atoms with van der Waals surface area (Å²) in [5.74, 6) is -0.816. The Balaban J connectivity index is 2.76. The largest absolute Gasteiger partial charge is 0.461 e. The smallest absolute Gasteiger partial charge is 0.431 e. The van der Waals surface area contributed by atoms with E-state index < -0.39 is 17.8 Å². The van der Waals surface area contributed by atoms with Gasteiger partial charge in [0.05, 0.1) is 12.3 Å². The molecule has 2 heterocycles. The fourth-order valence-corrected chi connectivity index (χ4v) is 1.87. The Hall–Kier alpha value is -2.05. The van der Waals surface area contributed by atoms with Gasteiger partial charge < -0.3 is 4.74 Å². The molecular formula is C12H11F3N2O2. The highest BCUT2D eigenvalue weighted by molar-refractivity contribution is 5.90. The maximum Gasteiger partial charge on any atom is 0.431 e. The highest BCUT2D eigenvalue weighted by Crippen LogP contribution is 2.31. The summed E-state index contributed by atoms with van der Waals surface area (Å²) in [7, 11) is 0. The molecule has 0 atom stereocenters. The summed E-state index contributed by atoms with van der Waals surface area (Å²) >= 11 is 0. The molecule has 0 spiro atoms. The lowest BCUT2D eigenvalue weighted by molar-refractivity contribution is -0.142. The maximum atomic E-state index is 13.0. The van der Waals surface area contributed by atoms with E-state index in [4.69, 9.17) is 4.74 Å². The Morgan fingerprint density at radius 1 is 1.42 bits per heavy atom. The number of hydrogen-bond acceptors (Lipinski definition) is 3. The van der Waals surface area contributed by atoms with Crippen LogP contribution in [0.2, 0.25) is 0 Å². The first kappa shape index (κ1) is 13.4. The Morgan fingerprint density at radius 3 is 2.68 bits per heavy atom. The topological polar surface area (TPSA) is 43.6 Å². The van der Waals surface area contributed by atoms with Crippen molar-refractivity contribution in [1.82, 2.24) is 9.38 Å². The van der Waals surface area contributed by atoms with Crippen LogP contribution in [0, 0.1) is 6.92 Å². The van der Waals surface area contributed by atoms with E-state index in [-0.39, 0.29) is 23.6 Å². The molecule has 0 aliphatic carbocycles. The van der Waals surface area contributed by atoms with E-state index in [1.807, 2.05) is 0 Å². The van der Waals surface area contributed by atoms with Crippen molar-refractivity contribution < 1.29 is 22.7 Å². The zero-order valence-electron chi connectivity index (χ0n) is 10.3. The van der Waals surface area contributed by atoms with Gasteiger partial charge in [-0.1, -0.05) is 6.07 Å². The highest BCUT2D eigenvalue weighted by atomic mass is 19.4. The molecule has 0 N–H and O–H groups in total. The summed E-state index contributed by atoms with van der Waals surface area (Å²) in [5, 5.41) is 0. The second-order valence-corrected chi connectivity index (χ2v) is 3.87. The van der Waals surface area contributed by atoms with Gasteiger partial charge in [0.25, 0.3) is 0 Å². The molecule has 0 aliphatic heterocycles. The molecule has 4 nitrogen and oxygen atoms in total. The van der Waals surface area contributed by atoms with Crippen molar-refractivity contribution in [3.63, 3.8) is 0 Å². The molecule has 19 heavy (non-hydrogen) atoms. The zero-order valence-corrected chi connectivity index (χ0v) is 10.3. The maximum absolute atomic E-state index is 13.0. The number of alkyl halides is 3. The van der Waals surface area contributed by atoms with E-state index in [0.717, 1.165) is 10.5 Å². The molecular weight excluding hydrogens is 261 g/mol. The molecule has 0 radical (unpaired) electrons. The van der Waals surface area contributed by atoms with E-state index >= 15 is 0 Å². The summed E-state index contributed by atoms with van der Waals surface area (Å²) in [5.41, 5.74) is -0.871. The lowest BCUT2D eigenvalue weighted by Gasteiger charge is -2.11. The van der Waals surface area contributed by atoms with Crippen LogP contribution >= 0.6 is 0 Å². The predicted octanol–water partition coefficient (Wildman–Crippen LogP) is 2.84. The third kappa shape index (κ3) is 2.27. The minimum atomic E-state index is -4.58. The van der Waals surface area contributed by atoms with Crippen LogP contribution in [0.15, 0.2) is 18.2 Å². The fraction of sp³-hybridized carbons (Fsp3) is 0.333. The molecule has 0 bridgehead atoms. The van der Waals surface area contributed by atoms with Gasteiger partial charge in [0.15, 0.2) is 5.69 Å². The third-order valence-corrected chi connectivity index (χ3v) is 2.58. The van der Waals surface area contributed by atoms with Crippen LogP contribution in [-0.2, 0) is 10.9 Å². The number of imidazole rings is 1. The van der Waals surface area contributed by atoms with Gasteiger partial charge >= 0.3 is 12.1 Å². The summed E-state index contributed by atoms with van der Waals surface area (Å²) in [6, 6.07) is 3.56. The van der Waals surface area contributed by atoms with Crippen molar-refractivity contribution in [3.05, 3.63) is 35.3 Å². The van der Waals surface area contributed by atoms with Gasteiger partial charge in [-0.15, -0.1) is 0 Å². The second-order valence-electron chi connectivity index (χ2n) is 3.87. The number of aromatic nitrogens is 2. The van der Waals surface area contributed by atoms with Crippen LogP contribution in [0.4, 0.5) is 13.2 Å². The molecule has 0 aliphatic rings. The Kier molecular flexibility index (Phi) is 3.21. The summed E-state index contributed by atoms with van der Waals surface area (Å²) in [6.45, 7) is 3.14. The Morgan fingerprint density at radius 2 is 2.11 bits per heavy atom. The van der Waals surface area contributed by atoms with Crippen molar-refractivity contribution in [2.45, 2.75) is 20.0 Å². The molecule has 102 valence electrons. The van der Waals surface area contributed by atoms with Gasteiger partial charge in [-0.25, -0.2) is 9.78 Å². The lowest BCUT2D eigenvalue weighted by Crippen LogP contribution is -2.16. The van der Waals surface area contributed by atoms with Crippen molar-refractivity contribution in [1.29, 1.82) is 0 Å². The van der Waals surface area contributed by atoms with E-state index in [2.05, 4.69) is 4.98 Å². The number of carbonyl (C=O) groups is 1. The van der Waals surface area contributed by atoms with Gasteiger partial charge in [-0.3, -0.25) is 4.40 Å². The molecule has 0 aromatic carbocycles. The van der Waals surface area contributed by atoms with E-state index in [1.165, 1.54) is 19.1 Å². The minimum Gasteiger partial charge on any atom is -0.461 e. The molecule has 2 rings (SSSR count). The average molecular weight is 272 g/mol. The number of fused-ring (bicyclic) bond motifs is 1. The third-order valence-electron chi connectivity index (χ3n) is 2.58. The normalized spacial score (nSPS) is 11.8. The van der Waals surface area contributed by atoms with Crippen LogP contribution < -0.4 is 0 Å². The molecule has 7 heteroatoms. The number of rotatable bonds is 2. The molecule has 0 amide bonds. The summed E-state index contributed by atoms with van der Waals surface area (Å²) in [6.07, 6.45) is -4.58. The highest BCUT2D eigenvalue weighted by Gasteiger charge is 2.35. The second kappa shape index (κ2) is 4.56. The minimum absolute atomic E-state index is 0.0652. The number of hydrogen-bond donors (Lipinski definition) is 0. The Labute approximate surface area is 106 Å². The van der Waals surface area contributed by atoms with Gasteiger partial charge in [0, 0.05) is 0 Å². The van der Waals surface area contributed by atoms with Crippen LogP contribution in [-0.4, -0.2) is 22.0 Å². The summed E-state index contributed by atoms with van der Waals surface area (Å²) in [4.78, 5) is 15.7.